The summed E-state index contributed by atoms with van der Waals surface area (Å²) in [6, 6.07) is -0.0641. The lowest BCUT2D eigenvalue weighted by Crippen LogP contribution is -2.59. The number of hydroxylamine groups is 1. The van der Waals surface area contributed by atoms with Crippen molar-refractivity contribution in [3.05, 3.63) is 0 Å². The molecule has 0 aromatic carbocycles. The molecule has 0 aromatic rings. The molecule has 0 spiro atoms. The Morgan fingerprint density at radius 3 is 2.60 bits per heavy atom. The Hall–Kier alpha value is -0.660. The van der Waals surface area contributed by atoms with E-state index < -0.39 is 20.5 Å². The molecule has 7 heteroatoms. The fraction of sp³-hybridized carbons (Fsp3) is 0.875. The number of carbonyl (C=O) groups excluding carboxylic acids is 1. The van der Waals surface area contributed by atoms with Gasteiger partial charge in [-0.15, -0.1) is 0 Å². The highest BCUT2D eigenvalue weighted by atomic mass is 32.2. The van der Waals surface area contributed by atoms with Crippen molar-refractivity contribution in [3.8, 4) is 0 Å². The molecule has 3 N–H and O–H groups in total. The second kappa shape index (κ2) is 4.07. The second-order valence-electron chi connectivity index (χ2n) is 4.02. The van der Waals surface area contributed by atoms with E-state index in [2.05, 4.69) is 5.32 Å². The summed E-state index contributed by atoms with van der Waals surface area (Å²) in [5.41, 5.74) is 1.46. The van der Waals surface area contributed by atoms with E-state index in [1.165, 1.54) is 5.48 Å². The second-order valence-corrected chi connectivity index (χ2v) is 6.34. The Bertz CT molecular complexity index is 354. The predicted octanol–water partition coefficient (Wildman–Crippen LogP) is -0.953. The standard InChI is InChI=1S/C8H16N2O4S/c1-6-5-8(3-4-9-6,7(11)10-12)15(2,13)14/h6,9,12H,3-5H2,1-2H3,(H,10,11). The molecule has 1 rings (SSSR count). The Balaban J connectivity index is 3.12. The first-order valence-corrected chi connectivity index (χ1v) is 6.60. The molecule has 0 bridgehead atoms. The number of rotatable bonds is 2. The first kappa shape index (κ1) is 12.4. The van der Waals surface area contributed by atoms with Gasteiger partial charge < -0.3 is 5.32 Å². The lowest BCUT2D eigenvalue weighted by Gasteiger charge is -2.36. The van der Waals surface area contributed by atoms with E-state index in [0.29, 0.717) is 6.54 Å². The maximum Gasteiger partial charge on any atom is 0.264 e. The largest absolute Gasteiger partial charge is 0.314 e. The molecule has 1 aliphatic heterocycles. The van der Waals surface area contributed by atoms with Gasteiger partial charge in [0.2, 0.25) is 0 Å². The zero-order chi connectivity index (χ0) is 11.7. The number of piperidine rings is 1. The van der Waals surface area contributed by atoms with E-state index in [9.17, 15) is 13.2 Å². The van der Waals surface area contributed by atoms with Crippen LogP contribution in [0.4, 0.5) is 0 Å². The zero-order valence-corrected chi connectivity index (χ0v) is 9.60. The SMILES string of the molecule is CC1CC(C(=O)NO)(S(C)(=O)=O)CCN1. The summed E-state index contributed by atoms with van der Waals surface area (Å²) in [7, 11) is -3.54. The molecule has 0 aromatic heterocycles. The third-order valence-electron chi connectivity index (χ3n) is 2.88. The van der Waals surface area contributed by atoms with Crippen LogP contribution in [0.3, 0.4) is 0 Å². The van der Waals surface area contributed by atoms with Crippen molar-refractivity contribution >= 4 is 15.7 Å². The van der Waals surface area contributed by atoms with Gasteiger partial charge in [0, 0.05) is 12.3 Å². The Morgan fingerprint density at radius 1 is 1.60 bits per heavy atom. The summed E-state index contributed by atoms with van der Waals surface area (Å²) in [5.74, 6) is -0.835. The minimum atomic E-state index is -3.54. The molecular weight excluding hydrogens is 220 g/mol. The maximum atomic E-state index is 11.7. The quantitative estimate of drug-likeness (QED) is 0.424. The lowest BCUT2D eigenvalue weighted by molar-refractivity contribution is -0.132. The topological polar surface area (TPSA) is 95.5 Å². The van der Waals surface area contributed by atoms with Gasteiger partial charge in [-0.25, -0.2) is 13.9 Å². The monoisotopic (exact) mass is 236 g/mol. The van der Waals surface area contributed by atoms with Crippen LogP contribution in [-0.2, 0) is 14.6 Å². The van der Waals surface area contributed by atoms with Crippen molar-refractivity contribution < 1.29 is 18.4 Å². The molecule has 0 aliphatic carbocycles. The van der Waals surface area contributed by atoms with Gasteiger partial charge in [-0.3, -0.25) is 10.0 Å². The van der Waals surface area contributed by atoms with Gasteiger partial charge in [0.1, 0.15) is 0 Å². The Kier molecular flexibility index (Phi) is 3.37. The molecule has 2 unspecified atom stereocenters. The molecule has 0 radical (unpaired) electrons. The van der Waals surface area contributed by atoms with Crippen LogP contribution < -0.4 is 10.8 Å². The lowest BCUT2D eigenvalue weighted by atomic mass is 9.91. The summed E-state index contributed by atoms with van der Waals surface area (Å²) in [5, 5.41) is 11.7. The zero-order valence-electron chi connectivity index (χ0n) is 8.78. The molecule has 15 heavy (non-hydrogen) atoms. The van der Waals surface area contributed by atoms with Gasteiger partial charge in [0.05, 0.1) is 0 Å². The van der Waals surface area contributed by atoms with Crippen molar-refractivity contribution in [2.45, 2.75) is 30.6 Å². The number of carbonyl (C=O) groups is 1. The van der Waals surface area contributed by atoms with Gasteiger partial charge in [-0.1, -0.05) is 0 Å². The minimum Gasteiger partial charge on any atom is -0.314 e. The average Bonchev–Trinajstić information content (AvgIpc) is 2.14. The maximum absolute atomic E-state index is 11.7. The van der Waals surface area contributed by atoms with Crippen molar-refractivity contribution in [2.24, 2.45) is 0 Å². The van der Waals surface area contributed by atoms with Crippen LogP contribution in [0.2, 0.25) is 0 Å². The van der Waals surface area contributed by atoms with Gasteiger partial charge in [0.15, 0.2) is 14.6 Å². The van der Waals surface area contributed by atoms with Crippen LogP contribution in [0.25, 0.3) is 0 Å². The summed E-state index contributed by atoms with van der Waals surface area (Å²) in [6.07, 6.45) is 1.39. The van der Waals surface area contributed by atoms with Crippen LogP contribution in [0.1, 0.15) is 19.8 Å². The fourth-order valence-corrected chi connectivity index (χ4v) is 3.41. The van der Waals surface area contributed by atoms with Crippen LogP contribution in [0, 0.1) is 0 Å². The van der Waals surface area contributed by atoms with E-state index in [0.717, 1.165) is 6.26 Å². The highest BCUT2D eigenvalue weighted by molar-refractivity contribution is 7.92. The first-order valence-electron chi connectivity index (χ1n) is 4.71. The van der Waals surface area contributed by atoms with Gasteiger partial charge in [0.25, 0.3) is 5.91 Å². The molecule has 1 amide bonds. The summed E-state index contributed by atoms with van der Waals surface area (Å²) < 4.78 is 21.8. The minimum absolute atomic E-state index is 0.0641. The smallest absolute Gasteiger partial charge is 0.264 e. The molecule has 2 atom stereocenters. The third kappa shape index (κ3) is 2.14. The van der Waals surface area contributed by atoms with Crippen LogP contribution in [-0.4, -0.2) is 43.1 Å². The number of sulfone groups is 1. The first-order chi connectivity index (χ1) is 6.83. The molecule has 0 saturated carbocycles. The molecule has 1 fully saturated rings. The van der Waals surface area contributed by atoms with Crippen molar-refractivity contribution in [2.75, 3.05) is 12.8 Å². The molecule has 1 heterocycles. The molecule has 1 aliphatic rings. The molecule has 6 nitrogen and oxygen atoms in total. The predicted molar refractivity (Wildman–Crippen MR) is 54.2 cm³/mol. The van der Waals surface area contributed by atoms with E-state index in [1.54, 1.807) is 0 Å². The van der Waals surface area contributed by atoms with Gasteiger partial charge in [-0.05, 0) is 26.3 Å². The van der Waals surface area contributed by atoms with Crippen LogP contribution in [0.5, 0.6) is 0 Å². The average molecular weight is 236 g/mol. The highest BCUT2D eigenvalue weighted by Gasteiger charge is 2.50. The number of hydrogen-bond donors (Lipinski definition) is 3. The van der Waals surface area contributed by atoms with Crippen molar-refractivity contribution in [1.29, 1.82) is 0 Å². The van der Waals surface area contributed by atoms with E-state index in [-0.39, 0.29) is 18.9 Å². The number of hydrogen-bond acceptors (Lipinski definition) is 5. The Morgan fingerprint density at radius 2 is 2.20 bits per heavy atom. The van der Waals surface area contributed by atoms with E-state index in [1.807, 2.05) is 6.92 Å². The van der Waals surface area contributed by atoms with Crippen molar-refractivity contribution in [3.63, 3.8) is 0 Å². The fourth-order valence-electron chi connectivity index (χ4n) is 2.00. The number of amides is 1. The van der Waals surface area contributed by atoms with Gasteiger partial charge in [-0.2, -0.15) is 0 Å². The summed E-state index contributed by atoms with van der Waals surface area (Å²) in [4.78, 5) is 11.5. The van der Waals surface area contributed by atoms with Crippen LogP contribution >= 0.6 is 0 Å². The molecular formula is C8H16N2O4S. The Labute approximate surface area is 88.9 Å². The molecule has 88 valence electrons. The van der Waals surface area contributed by atoms with Gasteiger partial charge >= 0.3 is 0 Å². The van der Waals surface area contributed by atoms with Crippen molar-refractivity contribution in [1.82, 2.24) is 10.8 Å². The number of nitrogens with one attached hydrogen (secondary N) is 2. The summed E-state index contributed by atoms with van der Waals surface area (Å²) in [6.45, 7) is 2.26. The van der Waals surface area contributed by atoms with E-state index >= 15 is 0 Å². The van der Waals surface area contributed by atoms with Crippen LogP contribution in [0.15, 0.2) is 0 Å². The molecule has 1 saturated heterocycles. The third-order valence-corrected chi connectivity index (χ3v) is 4.86. The highest BCUT2D eigenvalue weighted by Crippen LogP contribution is 2.30. The summed E-state index contributed by atoms with van der Waals surface area (Å²) >= 11 is 0. The van der Waals surface area contributed by atoms with E-state index in [4.69, 9.17) is 5.21 Å². The normalized spacial score (nSPS) is 32.3.